The Kier molecular flexibility index (Phi) is 8.39. The summed E-state index contributed by atoms with van der Waals surface area (Å²) in [5.74, 6) is -1.17. The zero-order valence-electron chi connectivity index (χ0n) is 20.2. The van der Waals surface area contributed by atoms with Crippen molar-refractivity contribution in [1.82, 2.24) is 10.2 Å². The molecule has 0 radical (unpaired) electrons. The van der Waals surface area contributed by atoms with Crippen LogP contribution in [0.5, 0.6) is 5.75 Å². The third-order valence-corrected chi connectivity index (χ3v) is 7.24. The molecule has 4 rings (SSSR count). The van der Waals surface area contributed by atoms with Crippen LogP contribution in [0.15, 0.2) is 36.4 Å². The minimum absolute atomic E-state index is 0.0558. The lowest BCUT2D eigenvalue weighted by Crippen LogP contribution is -2.50. The molecule has 2 aliphatic rings. The molecule has 2 fully saturated rings. The summed E-state index contributed by atoms with van der Waals surface area (Å²) in [6.07, 6.45) is 3.97. The molecule has 36 heavy (non-hydrogen) atoms. The summed E-state index contributed by atoms with van der Waals surface area (Å²) in [6, 6.07) is 11.6. The Labute approximate surface area is 220 Å². The summed E-state index contributed by atoms with van der Waals surface area (Å²) < 4.78 is 10.5. The average molecular weight is 534 g/mol. The number of piperidine rings is 1. The number of benzene rings is 2. The molecule has 0 aromatic heterocycles. The second kappa shape index (κ2) is 11.5. The Bertz CT molecular complexity index is 1130. The van der Waals surface area contributed by atoms with Crippen LogP contribution in [0.25, 0.3) is 0 Å². The SMILES string of the molecule is COC(=O)c1cc(Cl)c(NC(C)=O)cc1OCC(=O)N[C@H]1C[C@H]2CC[C@@H](C1)N2Cc1ccc(Cl)cc1. The van der Waals surface area contributed by atoms with Crippen LogP contribution < -0.4 is 15.4 Å². The van der Waals surface area contributed by atoms with E-state index in [4.69, 9.17) is 32.7 Å². The second-order valence-corrected chi connectivity index (χ2v) is 10.1. The highest BCUT2D eigenvalue weighted by atomic mass is 35.5. The maximum absolute atomic E-state index is 12.7. The molecule has 0 unspecified atom stereocenters. The van der Waals surface area contributed by atoms with E-state index in [2.05, 4.69) is 27.7 Å². The van der Waals surface area contributed by atoms with Crippen molar-refractivity contribution in [2.45, 2.75) is 57.3 Å². The van der Waals surface area contributed by atoms with E-state index in [0.29, 0.717) is 12.1 Å². The maximum Gasteiger partial charge on any atom is 0.341 e. The lowest BCUT2D eigenvalue weighted by molar-refractivity contribution is -0.124. The van der Waals surface area contributed by atoms with Gasteiger partial charge in [0.1, 0.15) is 11.3 Å². The number of carbonyl (C=O) groups is 3. The molecule has 2 N–H and O–H groups in total. The summed E-state index contributed by atoms with van der Waals surface area (Å²) in [5.41, 5.74) is 1.57. The fourth-order valence-electron chi connectivity index (χ4n) is 5.09. The normalized spacial score (nSPS) is 21.1. The van der Waals surface area contributed by atoms with Crippen molar-refractivity contribution in [3.05, 3.63) is 57.6 Å². The third-order valence-electron chi connectivity index (χ3n) is 6.67. The second-order valence-electron chi connectivity index (χ2n) is 9.21. The molecule has 0 saturated carbocycles. The van der Waals surface area contributed by atoms with Crippen molar-refractivity contribution in [2.75, 3.05) is 19.0 Å². The number of fused-ring (bicyclic) bond motifs is 2. The first-order valence-electron chi connectivity index (χ1n) is 11.8. The standard InChI is InChI=1S/C26H29Cl2N3O5/c1-15(32)29-23-12-24(21(11-22(23)28)26(34)35-2)36-14-25(33)30-18-9-19-7-8-20(10-18)31(19)13-16-3-5-17(27)6-4-16/h3-6,11-12,18-20H,7-10,13-14H2,1-2H3,(H,29,32)(H,30,33)/t18-,19+,20-. The Morgan fingerprint density at radius 1 is 1.06 bits per heavy atom. The van der Waals surface area contributed by atoms with Gasteiger partial charge in [0, 0.05) is 42.7 Å². The van der Waals surface area contributed by atoms with Crippen molar-refractivity contribution in [3.8, 4) is 5.75 Å². The average Bonchev–Trinajstić information content (AvgIpc) is 3.06. The molecule has 0 spiro atoms. The number of anilines is 1. The Balaban J connectivity index is 1.35. The number of nitrogens with zero attached hydrogens (tertiary/aromatic N) is 1. The summed E-state index contributed by atoms with van der Waals surface area (Å²) >= 11 is 12.2. The van der Waals surface area contributed by atoms with Gasteiger partial charge in [-0.05, 0) is 49.4 Å². The molecule has 2 saturated heterocycles. The quantitative estimate of drug-likeness (QED) is 0.487. The fourth-order valence-corrected chi connectivity index (χ4v) is 5.43. The van der Waals surface area contributed by atoms with Crippen LogP contribution in [-0.4, -0.2) is 54.5 Å². The van der Waals surface area contributed by atoms with Gasteiger partial charge in [-0.25, -0.2) is 4.79 Å². The van der Waals surface area contributed by atoms with Crippen molar-refractivity contribution < 1.29 is 23.9 Å². The van der Waals surface area contributed by atoms with Gasteiger partial charge >= 0.3 is 5.97 Å². The third kappa shape index (κ3) is 6.30. The van der Waals surface area contributed by atoms with E-state index in [9.17, 15) is 14.4 Å². The topological polar surface area (TPSA) is 97.0 Å². The van der Waals surface area contributed by atoms with E-state index in [1.54, 1.807) is 0 Å². The number of halogens is 2. The molecule has 2 heterocycles. The maximum atomic E-state index is 12.7. The minimum atomic E-state index is -0.661. The zero-order chi connectivity index (χ0) is 25.8. The predicted octanol–water partition coefficient (Wildman–Crippen LogP) is 4.43. The number of hydrogen-bond donors (Lipinski definition) is 2. The number of carbonyl (C=O) groups excluding carboxylic acids is 3. The van der Waals surface area contributed by atoms with Crippen LogP contribution in [0.3, 0.4) is 0 Å². The first kappa shape index (κ1) is 26.3. The van der Waals surface area contributed by atoms with E-state index >= 15 is 0 Å². The van der Waals surface area contributed by atoms with Crippen molar-refractivity contribution >= 4 is 46.7 Å². The first-order chi connectivity index (χ1) is 17.2. The first-order valence-corrected chi connectivity index (χ1v) is 12.6. The Morgan fingerprint density at radius 2 is 1.72 bits per heavy atom. The number of amides is 2. The number of nitrogens with one attached hydrogen (secondary N) is 2. The zero-order valence-corrected chi connectivity index (χ0v) is 21.7. The lowest BCUT2D eigenvalue weighted by Gasteiger charge is -2.39. The number of ether oxygens (including phenoxy) is 2. The largest absolute Gasteiger partial charge is 0.483 e. The van der Waals surface area contributed by atoms with E-state index in [1.807, 2.05) is 12.1 Å². The van der Waals surface area contributed by atoms with Gasteiger partial charge < -0.3 is 20.1 Å². The molecule has 2 aromatic rings. The molecule has 192 valence electrons. The van der Waals surface area contributed by atoms with Gasteiger partial charge in [-0.2, -0.15) is 0 Å². The molecule has 10 heteroatoms. The highest BCUT2D eigenvalue weighted by molar-refractivity contribution is 6.34. The van der Waals surface area contributed by atoms with Crippen LogP contribution in [0.1, 0.15) is 48.5 Å². The van der Waals surface area contributed by atoms with Gasteiger partial charge in [0.25, 0.3) is 5.91 Å². The smallest absolute Gasteiger partial charge is 0.341 e. The predicted molar refractivity (Wildman–Crippen MR) is 138 cm³/mol. The molecule has 2 aliphatic heterocycles. The van der Waals surface area contributed by atoms with Crippen molar-refractivity contribution in [2.24, 2.45) is 0 Å². The van der Waals surface area contributed by atoms with Gasteiger partial charge in [-0.15, -0.1) is 0 Å². The molecule has 8 nitrogen and oxygen atoms in total. The molecule has 3 atom stereocenters. The summed E-state index contributed by atoms with van der Waals surface area (Å²) in [5, 5.41) is 6.55. The van der Waals surface area contributed by atoms with Gasteiger partial charge in [0.2, 0.25) is 5.91 Å². The highest BCUT2D eigenvalue weighted by Crippen LogP contribution is 2.37. The van der Waals surface area contributed by atoms with E-state index in [-0.39, 0.29) is 46.5 Å². The molecular formula is C26H29Cl2N3O5. The van der Waals surface area contributed by atoms with Crippen LogP contribution in [0.4, 0.5) is 5.69 Å². The summed E-state index contributed by atoms with van der Waals surface area (Å²) in [7, 11) is 1.24. The van der Waals surface area contributed by atoms with E-state index < -0.39 is 5.97 Å². The number of methoxy groups -OCH3 is 1. The van der Waals surface area contributed by atoms with Crippen molar-refractivity contribution in [1.29, 1.82) is 0 Å². The lowest BCUT2D eigenvalue weighted by atomic mass is 9.96. The molecule has 0 aliphatic carbocycles. The molecule has 2 amide bonds. The monoisotopic (exact) mass is 533 g/mol. The molecule has 2 aromatic carbocycles. The van der Waals surface area contributed by atoms with Crippen LogP contribution in [0, 0.1) is 0 Å². The highest BCUT2D eigenvalue weighted by Gasteiger charge is 2.40. The number of esters is 1. The minimum Gasteiger partial charge on any atom is -0.483 e. The summed E-state index contributed by atoms with van der Waals surface area (Å²) in [6.45, 7) is 1.93. The van der Waals surface area contributed by atoms with E-state index in [1.165, 1.54) is 31.7 Å². The van der Waals surface area contributed by atoms with Crippen LogP contribution >= 0.6 is 23.2 Å². The molecule has 2 bridgehead atoms. The fraction of sp³-hybridized carbons (Fsp3) is 0.423. The Morgan fingerprint density at radius 3 is 2.33 bits per heavy atom. The van der Waals surface area contributed by atoms with Gasteiger partial charge in [0.05, 0.1) is 17.8 Å². The number of rotatable bonds is 8. The van der Waals surface area contributed by atoms with E-state index in [0.717, 1.165) is 37.3 Å². The van der Waals surface area contributed by atoms with Gasteiger partial charge in [-0.1, -0.05) is 35.3 Å². The molecular weight excluding hydrogens is 505 g/mol. The summed E-state index contributed by atoms with van der Waals surface area (Å²) in [4.78, 5) is 38.9. The van der Waals surface area contributed by atoms with Gasteiger partial charge in [0.15, 0.2) is 6.61 Å². The number of hydrogen-bond acceptors (Lipinski definition) is 6. The van der Waals surface area contributed by atoms with Crippen LogP contribution in [-0.2, 0) is 20.9 Å². The Hall–Kier alpha value is -2.81. The van der Waals surface area contributed by atoms with Crippen LogP contribution in [0.2, 0.25) is 10.0 Å². The van der Waals surface area contributed by atoms with Crippen molar-refractivity contribution in [3.63, 3.8) is 0 Å². The van der Waals surface area contributed by atoms with Gasteiger partial charge in [-0.3, -0.25) is 14.5 Å².